The predicted molar refractivity (Wildman–Crippen MR) is 54.0 cm³/mol. The Labute approximate surface area is 102 Å². The maximum Gasteiger partial charge on any atom is 0.544 e. The SMILES string of the molecule is COC(=O)N(OC(F)(F)F)c1cncc(Br)c1. The van der Waals surface area contributed by atoms with Crippen molar-refractivity contribution in [3.8, 4) is 0 Å². The van der Waals surface area contributed by atoms with Crippen molar-refractivity contribution < 1.29 is 27.5 Å². The fourth-order valence-electron chi connectivity index (χ4n) is 0.894. The summed E-state index contributed by atoms with van der Waals surface area (Å²) in [5, 5.41) is -0.0439. The van der Waals surface area contributed by atoms with Crippen LogP contribution in [0.15, 0.2) is 22.9 Å². The van der Waals surface area contributed by atoms with E-state index < -0.39 is 12.5 Å². The highest BCUT2D eigenvalue weighted by atomic mass is 79.9. The number of amides is 1. The largest absolute Gasteiger partial charge is 0.544 e. The van der Waals surface area contributed by atoms with Gasteiger partial charge >= 0.3 is 12.5 Å². The minimum atomic E-state index is -5.02. The van der Waals surface area contributed by atoms with Crippen LogP contribution in [0.25, 0.3) is 0 Å². The van der Waals surface area contributed by atoms with E-state index in [0.29, 0.717) is 4.47 Å². The first-order chi connectivity index (χ1) is 7.83. The fraction of sp³-hybridized carbons (Fsp3) is 0.250. The predicted octanol–water partition coefficient (Wildman–Crippen LogP) is 2.87. The zero-order valence-electron chi connectivity index (χ0n) is 8.36. The molecule has 1 aromatic heterocycles. The van der Waals surface area contributed by atoms with Gasteiger partial charge in [0.1, 0.15) is 0 Å². The summed E-state index contributed by atoms with van der Waals surface area (Å²) < 4.78 is 40.8. The zero-order chi connectivity index (χ0) is 13.1. The molecule has 0 radical (unpaired) electrons. The lowest BCUT2D eigenvalue weighted by atomic mass is 10.4. The van der Waals surface area contributed by atoms with E-state index in [1.54, 1.807) is 0 Å². The van der Waals surface area contributed by atoms with E-state index in [2.05, 4.69) is 30.5 Å². The Morgan fingerprint density at radius 3 is 2.59 bits per heavy atom. The average Bonchev–Trinajstić information content (AvgIpc) is 2.23. The quantitative estimate of drug-likeness (QED) is 0.788. The molecule has 9 heteroatoms. The third-order valence-corrected chi connectivity index (χ3v) is 1.89. The molecule has 0 atom stereocenters. The van der Waals surface area contributed by atoms with Crippen LogP contribution in [0.2, 0.25) is 0 Å². The summed E-state index contributed by atoms with van der Waals surface area (Å²) in [5.74, 6) is 0. The second-order valence-electron chi connectivity index (χ2n) is 2.66. The van der Waals surface area contributed by atoms with Gasteiger partial charge in [-0.1, -0.05) is 0 Å². The maximum atomic E-state index is 12.1. The van der Waals surface area contributed by atoms with Crippen molar-refractivity contribution in [3.63, 3.8) is 0 Å². The number of alkyl halides is 3. The van der Waals surface area contributed by atoms with E-state index in [-0.39, 0.29) is 10.8 Å². The summed E-state index contributed by atoms with van der Waals surface area (Å²) in [5.41, 5.74) is -0.219. The molecule has 0 aromatic carbocycles. The Kier molecular flexibility index (Phi) is 4.29. The smallest absolute Gasteiger partial charge is 0.451 e. The summed E-state index contributed by atoms with van der Waals surface area (Å²) in [6, 6.07) is 1.22. The van der Waals surface area contributed by atoms with Crippen molar-refractivity contribution in [2.24, 2.45) is 0 Å². The Morgan fingerprint density at radius 2 is 2.12 bits per heavy atom. The lowest BCUT2D eigenvalue weighted by molar-refractivity contribution is -0.326. The van der Waals surface area contributed by atoms with Crippen LogP contribution in [0.1, 0.15) is 0 Å². The number of rotatable bonds is 2. The van der Waals surface area contributed by atoms with Gasteiger partial charge in [-0.05, 0) is 22.0 Å². The van der Waals surface area contributed by atoms with E-state index >= 15 is 0 Å². The van der Waals surface area contributed by atoms with Crippen molar-refractivity contribution in [1.29, 1.82) is 0 Å². The van der Waals surface area contributed by atoms with E-state index in [1.165, 1.54) is 12.3 Å². The molecule has 1 amide bonds. The molecule has 1 heterocycles. The van der Waals surface area contributed by atoms with Crippen molar-refractivity contribution in [1.82, 2.24) is 4.98 Å². The molecule has 0 N–H and O–H groups in total. The summed E-state index contributed by atoms with van der Waals surface area (Å²) in [6.07, 6.45) is -3.97. The van der Waals surface area contributed by atoms with Gasteiger partial charge in [0.2, 0.25) is 0 Å². The number of halogens is 4. The van der Waals surface area contributed by atoms with Gasteiger partial charge in [-0.15, -0.1) is 18.2 Å². The molecular formula is C8H6BrF3N2O3. The van der Waals surface area contributed by atoms with Crippen LogP contribution in [-0.2, 0) is 9.57 Å². The first-order valence-electron chi connectivity index (χ1n) is 4.08. The molecule has 0 aliphatic heterocycles. The molecule has 0 saturated carbocycles. The highest BCUT2D eigenvalue weighted by Crippen LogP contribution is 2.25. The number of methoxy groups -OCH3 is 1. The van der Waals surface area contributed by atoms with Crippen LogP contribution in [0.5, 0.6) is 0 Å². The monoisotopic (exact) mass is 314 g/mol. The summed E-state index contributed by atoms with van der Waals surface area (Å²) in [7, 11) is 0.931. The molecule has 1 rings (SSSR count). The van der Waals surface area contributed by atoms with E-state index in [0.717, 1.165) is 13.3 Å². The van der Waals surface area contributed by atoms with E-state index in [9.17, 15) is 18.0 Å². The first-order valence-corrected chi connectivity index (χ1v) is 4.87. The molecule has 0 aliphatic carbocycles. The Bertz CT molecular complexity index is 413. The standard InChI is InChI=1S/C8H6BrF3N2O3/c1-16-7(15)14(17-8(10,11)12)6-2-5(9)3-13-4-6/h2-4H,1H3. The number of carbonyl (C=O) groups excluding carboxylic acids is 1. The van der Waals surface area contributed by atoms with Gasteiger partial charge in [-0.25, -0.2) is 4.79 Å². The van der Waals surface area contributed by atoms with Gasteiger partial charge in [-0.2, -0.15) is 4.84 Å². The molecule has 0 bridgehead atoms. The molecule has 5 nitrogen and oxygen atoms in total. The molecule has 0 fully saturated rings. The average molecular weight is 315 g/mol. The second kappa shape index (κ2) is 5.32. The summed E-state index contributed by atoms with van der Waals surface area (Å²) in [4.78, 5) is 18.3. The number of anilines is 1. The number of pyridine rings is 1. The molecule has 0 spiro atoms. The number of hydrogen-bond donors (Lipinski definition) is 0. The maximum absolute atomic E-state index is 12.1. The zero-order valence-corrected chi connectivity index (χ0v) is 9.95. The van der Waals surface area contributed by atoms with Crippen molar-refractivity contribution >= 4 is 27.7 Å². The molecule has 94 valence electrons. The Balaban J connectivity index is 3.02. The molecular weight excluding hydrogens is 309 g/mol. The van der Waals surface area contributed by atoms with Crippen molar-refractivity contribution in [2.75, 3.05) is 12.2 Å². The molecule has 0 unspecified atom stereocenters. The lowest BCUT2D eigenvalue weighted by Gasteiger charge is -2.20. The topological polar surface area (TPSA) is 51.7 Å². The van der Waals surface area contributed by atoms with Gasteiger partial charge in [0.25, 0.3) is 0 Å². The van der Waals surface area contributed by atoms with Gasteiger partial charge in [0, 0.05) is 10.7 Å². The van der Waals surface area contributed by atoms with Gasteiger partial charge in [-0.3, -0.25) is 4.98 Å². The number of aromatic nitrogens is 1. The fourth-order valence-corrected chi connectivity index (χ4v) is 1.25. The van der Waals surface area contributed by atoms with Crippen LogP contribution < -0.4 is 5.06 Å². The summed E-state index contributed by atoms with van der Waals surface area (Å²) in [6.45, 7) is 0. The number of hydrogen-bond acceptors (Lipinski definition) is 4. The van der Waals surface area contributed by atoms with Gasteiger partial charge in [0.05, 0.1) is 19.0 Å². The van der Waals surface area contributed by atoms with Crippen LogP contribution in [0, 0.1) is 0 Å². The third-order valence-electron chi connectivity index (χ3n) is 1.46. The highest BCUT2D eigenvalue weighted by Gasteiger charge is 2.37. The normalized spacial score (nSPS) is 11.1. The minimum Gasteiger partial charge on any atom is -0.451 e. The van der Waals surface area contributed by atoms with Gasteiger partial charge in [0.15, 0.2) is 0 Å². The number of hydroxylamine groups is 1. The molecule has 1 aromatic rings. The molecule has 0 aliphatic rings. The van der Waals surface area contributed by atoms with Crippen LogP contribution >= 0.6 is 15.9 Å². The Hall–Kier alpha value is -1.35. The first kappa shape index (κ1) is 13.7. The van der Waals surface area contributed by atoms with Crippen LogP contribution in [0.3, 0.4) is 0 Å². The Morgan fingerprint density at radius 1 is 1.47 bits per heavy atom. The van der Waals surface area contributed by atoms with Crippen LogP contribution in [-0.4, -0.2) is 24.5 Å². The number of ether oxygens (including phenoxy) is 1. The van der Waals surface area contributed by atoms with Gasteiger partial charge < -0.3 is 4.74 Å². The molecule has 17 heavy (non-hydrogen) atoms. The van der Waals surface area contributed by atoms with Crippen molar-refractivity contribution in [3.05, 3.63) is 22.9 Å². The van der Waals surface area contributed by atoms with Crippen molar-refractivity contribution in [2.45, 2.75) is 6.36 Å². The van der Waals surface area contributed by atoms with Crippen LogP contribution in [0.4, 0.5) is 23.7 Å². The highest BCUT2D eigenvalue weighted by molar-refractivity contribution is 9.10. The van der Waals surface area contributed by atoms with E-state index in [4.69, 9.17) is 0 Å². The lowest BCUT2D eigenvalue weighted by Crippen LogP contribution is -2.36. The summed E-state index contributed by atoms with van der Waals surface area (Å²) >= 11 is 3.00. The number of nitrogens with zero attached hydrogens (tertiary/aromatic N) is 2. The minimum absolute atomic E-state index is 0.0439. The van der Waals surface area contributed by atoms with E-state index in [1.807, 2.05) is 0 Å². The third kappa shape index (κ3) is 4.19. The molecule has 0 saturated heterocycles. The number of carbonyl (C=O) groups is 1. The second-order valence-corrected chi connectivity index (χ2v) is 3.58.